The molecule has 1 saturated carbocycles. The highest BCUT2D eigenvalue weighted by Crippen LogP contribution is 2.36. The smallest absolute Gasteiger partial charge is 0.153 e. The third-order valence-corrected chi connectivity index (χ3v) is 8.30. The molecule has 0 aromatic heterocycles. The average Bonchev–Trinajstić information content (AvgIpc) is 3.54. The zero-order valence-electron chi connectivity index (χ0n) is 16.6. The number of hydrogen-bond acceptors (Lipinski definition) is 4. The lowest BCUT2D eigenvalue weighted by Gasteiger charge is -2.32. The molecule has 6 heteroatoms. The van der Waals surface area contributed by atoms with Gasteiger partial charge < -0.3 is 10.5 Å². The van der Waals surface area contributed by atoms with E-state index >= 15 is 0 Å². The van der Waals surface area contributed by atoms with Crippen LogP contribution in [0.15, 0.2) is 48.5 Å². The van der Waals surface area contributed by atoms with Crippen molar-refractivity contribution >= 4 is 22.2 Å². The van der Waals surface area contributed by atoms with Gasteiger partial charge >= 0.3 is 0 Å². The van der Waals surface area contributed by atoms with E-state index in [1.54, 1.807) is 0 Å². The van der Waals surface area contributed by atoms with Gasteiger partial charge in [-0.05, 0) is 67.3 Å². The summed E-state index contributed by atoms with van der Waals surface area (Å²) >= 11 is 0. The summed E-state index contributed by atoms with van der Waals surface area (Å²) in [6.07, 6.45) is 5.14. The first-order chi connectivity index (χ1) is 13.5. The molecule has 4 rings (SSSR count). The molecule has 4 nitrogen and oxygen atoms in total. The van der Waals surface area contributed by atoms with Crippen LogP contribution in [-0.2, 0) is 22.7 Å². The van der Waals surface area contributed by atoms with Crippen molar-refractivity contribution in [2.45, 2.75) is 55.7 Å². The topological polar surface area (TPSA) is 69.4 Å². The fraction of sp³-hybridized carbons (Fsp3) is 0.478. The molecule has 0 spiro atoms. The van der Waals surface area contributed by atoms with Crippen LogP contribution in [0.25, 0.3) is 0 Å². The van der Waals surface area contributed by atoms with Crippen molar-refractivity contribution in [3.63, 3.8) is 0 Å². The Morgan fingerprint density at radius 2 is 1.79 bits per heavy atom. The fourth-order valence-electron chi connectivity index (χ4n) is 4.16. The minimum atomic E-state index is -2.90. The van der Waals surface area contributed by atoms with Crippen LogP contribution in [0.3, 0.4) is 0 Å². The van der Waals surface area contributed by atoms with Gasteiger partial charge in [-0.15, -0.1) is 12.4 Å². The molecule has 0 amide bonds. The average molecular weight is 436 g/mol. The molecule has 2 atom stereocenters. The van der Waals surface area contributed by atoms with Crippen LogP contribution in [0.5, 0.6) is 5.75 Å². The molecule has 2 aliphatic carbocycles. The Hall–Kier alpha value is -1.56. The first-order valence-electron chi connectivity index (χ1n) is 10.3. The van der Waals surface area contributed by atoms with Crippen molar-refractivity contribution in [2.75, 3.05) is 12.4 Å². The Labute approximate surface area is 180 Å². The zero-order chi connectivity index (χ0) is 19.6. The van der Waals surface area contributed by atoms with Crippen LogP contribution in [-0.4, -0.2) is 32.1 Å². The minimum Gasteiger partial charge on any atom is -0.494 e. The highest BCUT2D eigenvalue weighted by atomic mass is 35.5. The van der Waals surface area contributed by atoms with Crippen molar-refractivity contribution in [1.82, 2.24) is 0 Å². The van der Waals surface area contributed by atoms with Gasteiger partial charge in [0.25, 0.3) is 0 Å². The molecular formula is C23H30ClNO3S. The van der Waals surface area contributed by atoms with Gasteiger partial charge in [0.1, 0.15) is 5.75 Å². The molecule has 0 aliphatic heterocycles. The fourth-order valence-corrected chi connectivity index (χ4v) is 5.87. The van der Waals surface area contributed by atoms with Gasteiger partial charge in [0, 0.05) is 12.0 Å². The largest absolute Gasteiger partial charge is 0.494 e. The molecule has 0 saturated heterocycles. The Morgan fingerprint density at radius 1 is 1.03 bits per heavy atom. The van der Waals surface area contributed by atoms with Crippen molar-refractivity contribution in [3.8, 4) is 5.75 Å². The van der Waals surface area contributed by atoms with Crippen LogP contribution >= 0.6 is 12.4 Å². The van der Waals surface area contributed by atoms with E-state index in [2.05, 4.69) is 36.4 Å². The third kappa shape index (κ3) is 5.53. The Kier molecular flexibility index (Phi) is 7.25. The molecule has 158 valence electrons. The van der Waals surface area contributed by atoms with E-state index in [9.17, 15) is 8.42 Å². The number of nitrogens with two attached hydrogens (primary N) is 1. The number of sulfone groups is 1. The zero-order valence-corrected chi connectivity index (χ0v) is 18.3. The summed E-state index contributed by atoms with van der Waals surface area (Å²) in [5, 5.41) is -0.0866. The number of benzene rings is 2. The second kappa shape index (κ2) is 9.50. The standard InChI is InChI=1S/C23H29NO3S.ClH/c24-23-12-8-18-7-9-19(27-13-4-14-28(25,26)20-10-11-20)16-21(18)22(23)15-17-5-2-1-3-6-17;/h1-3,5-7,9,16,20,22-23H,4,8,10-15,24H2;1H. The predicted octanol–water partition coefficient (Wildman–Crippen LogP) is 4.05. The SMILES string of the molecule is Cl.NC1CCc2ccc(OCCCS(=O)(=O)C3CC3)cc2C1Cc1ccccc1. The second-order valence-electron chi connectivity index (χ2n) is 8.13. The second-order valence-corrected chi connectivity index (χ2v) is 10.5. The highest BCUT2D eigenvalue weighted by Gasteiger charge is 2.34. The van der Waals surface area contributed by atoms with Gasteiger partial charge in [-0.25, -0.2) is 8.42 Å². The van der Waals surface area contributed by atoms with E-state index in [-0.39, 0.29) is 35.4 Å². The number of halogens is 1. The monoisotopic (exact) mass is 435 g/mol. The molecule has 29 heavy (non-hydrogen) atoms. The highest BCUT2D eigenvalue weighted by molar-refractivity contribution is 7.92. The normalized spacial score (nSPS) is 21.1. The van der Waals surface area contributed by atoms with E-state index in [0.29, 0.717) is 13.0 Å². The molecule has 1 fully saturated rings. The lowest BCUT2D eigenvalue weighted by Crippen LogP contribution is -2.34. The van der Waals surface area contributed by atoms with E-state index in [1.165, 1.54) is 16.7 Å². The Bertz CT molecular complexity index is 913. The molecule has 0 bridgehead atoms. The lowest BCUT2D eigenvalue weighted by atomic mass is 9.76. The molecule has 2 aromatic carbocycles. The first kappa shape index (κ1) is 22.1. The number of hydrogen-bond donors (Lipinski definition) is 1. The maximum absolute atomic E-state index is 12.0. The summed E-state index contributed by atoms with van der Waals surface area (Å²) in [5.41, 5.74) is 10.4. The number of rotatable bonds is 8. The Morgan fingerprint density at radius 3 is 2.52 bits per heavy atom. The molecule has 2 aliphatic rings. The van der Waals surface area contributed by atoms with E-state index in [4.69, 9.17) is 10.5 Å². The molecule has 2 aromatic rings. The maximum atomic E-state index is 12.0. The summed E-state index contributed by atoms with van der Waals surface area (Å²) in [7, 11) is -2.90. The first-order valence-corrected chi connectivity index (χ1v) is 12.0. The van der Waals surface area contributed by atoms with Crippen molar-refractivity contribution in [2.24, 2.45) is 5.73 Å². The number of ether oxygens (including phenoxy) is 1. The summed E-state index contributed by atoms with van der Waals surface area (Å²) in [5.74, 6) is 1.32. The van der Waals surface area contributed by atoms with Gasteiger partial charge in [0.05, 0.1) is 17.6 Å². The van der Waals surface area contributed by atoms with Crippen molar-refractivity contribution in [3.05, 3.63) is 65.2 Å². The summed E-state index contributed by atoms with van der Waals surface area (Å²) in [4.78, 5) is 0. The predicted molar refractivity (Wildman–Crippen MR) is 120 cm³/mol. The maximum Gasteiger partial charge on any atom is 0.153 e. The van der Waals surface area contributed by atoms with Gasteiger partial charge in [-0.2, -0.15) is 0 Å². The molecular weight excluding hydrogens is 406 g/mol. The quantitative estimate of drug-likeness (QED) is 0.635. The van der Waals surface area contributed by atoms with Gasteiger partial charge in [0.2, 0.25) is 0 Å². The summed E-state index contributed by atoms with van der Waals surface area (Å²) in [6.45, 7) is 0.431. The molecule has 2 N–H and O–H groups in total. The van der Waals surface area contributed by atoms with Crippen molar-refractivity contribution < 1.29 is 13.2 Å². The van der Waals surface area contributed by atoms with E-state index in [1.807, 2.05) is 12.1 Å². The Balaban J connectivity index is 0.00000240. The summed E-state index contributed by atoms with van der Waals surface area (Å²) < 4.78 is 29.9. The molecule has 2 unspecified atom stereocenters. The van der Waals surface area contributed by atoms with Gasteiger partial charge in [0.15, 0.2) is 9.84 Å². The van der Waals surface area contributed by atoms with E-state index in [0.717, 1.165) is 37.9 Å². The van der Waals surface area contributed by atoms with Gasteiger partial charge in [-0.1, -0.05) is 36.4 Å². The van der Waals surface area contributed by atoms with Crippen molar-refractivity contribution in [1.29, 1.82) is 0 Å². The number of fused-ring (bicyclic) bond motifs is 1. The molecule has 0 radical (unpaired) electrons. The van der Waals surface area contributed by atoms with Crippen LogP contribution in [0.1, 0.15) is 48.3 Å². The van der Waals surface area contributed by atoms with Crippen LogP contribution in [0, 0.1) is 0 Å². The third-order valence-electron chi connectivity index (χ3n) is 5.95. The number of aryl methyl sites for hydroxylation is 1. The van der Waals surface area contributed by atoms with E-state index < -0.39 is 9.84 Å². The lowest BCUT2D eigenvalue weighted by molar-refractivity contribution is 0.316. The van der Waals surface area contributed by atoms with Crippen LogP contribution in [0.4, 0.5) is 0 Å². The van der Waals surface area contributed by atoms with Gasteiger partial charge in [-0.3, -0.25) is 0 Å². The van der Waals surface area contributed by atoms with Crippen LogP contribution < -0.4 is 10.5 Å². The van der Waals surface area contributed by atoms with Crippen LogP contribution in [0.2, 0.25) is 0 Å². The minimum absolute atomic E-state index is 0. The summed E-state index contributed by atoms with van der Waals surface area (Å²) in [6, 6.07) is 16.9. The molecule has 0 heterocycles.